The third kappa shape index (κ3) is 4.31. The summed E-state index contributed by atoms with van der Waals surface area (Å²) in [4.78, 5) is 25.8. The fourth-order valence-corrected chi connectivity index (χ4v) is 4.07. The molecule has 0 saturated carbocycles. The number of methoxy groups -OCH3 is 1. The largest absolute Gasteiger partial charge is 0.465 e. The molecule has 1 aliphatic heterocycles. The van der Waals surface area contributed by atoms with E-state index in [0.717, 1.165) is 27.2 Å². The van der Waals surface area contributed by atoms with E-state index in [1.54, 1.807) is 0 Å². The van der Waals surface area contributed by atoms with E-state index in [4.69, 9.17) is 16.3 Å². The first-order valence-corrected chi connectivity index (χ1v) is 9.32. The summed E-state index contributed by atoms with van der Waals surface area (Å²) < 4.78 is 4.97. The Balaban J connectivity index is 1.78. The first-order chi connectivity index (χ1) is 12.9. The van der Waals surface area contributed by atoms with Crippen LogP contribution in [0.2, 0.25) is 5.02 Å². The Morgan fingerprint density at radius 2 is 1.93 bits per heavy atom. The van der Waals surface area contributed by atoms with Crippen LogP contribution in [0.25, 0.3) is 0 Å². The summed E-state index contributed by atoms with van der Waals surface area (Å²) in [6.07, 6.45) is 0.565. The first kappa shape index (κ1) is 19.4. The second-order valence-corrected chi connectivity index (χ2v) is 7.45. The molecule has 2 atom stereocenters. The van der Waals surface area contributed by atoms with Crippen molar-refractivity contribution >= 4 is 29.2 Å². The van der Waals surface area contributed by atoms with Crippen LogP contribution >= 0.6 is 11.6 Å². The number of ether oxygens (including phenoxy) is 1. The van der Waals surface area contributed by atoms with Crippen molar-refractivity contribution in [1.29, 1.82) is 0 Å². The van der Waals surface area contributed by atoms with Gasteiger partial charge in [0.15, 0.2) is 12.6 Å². The molecule has 6 heteroatoms. The van der Waals surface area contributed by atoms with Gasteiger partial charge in [-0.2, -0.15) is 0 Å². The van der Waals surface area contributed by atoms with Gasteiger partial charge >= 0.3 is 5.97 Å². The van der Waals surface area contributed by atoms with Gasteiger partial charge in [0, 0.05) is 12.0 Å². The molecule has 0 radical (unpaired) electrons. The Bertz CT molecular complexity index is 858. The van der Waals surface area contributed by atoms with Crippen LogP contribution < -0.4 is 10.2 Å². The van der Waals surface area contributed by atoms with Crippen molar-refractivity contribution in [2.75, 3.05) is 19.0 Å². The molecule has 142 valence electrons. The van der Waals surface area contributed by atoms with Gasteiger partial charge in [0.1, 0.15) is 6.54 Å². The number of carbonyl (C=O) groups excluding carboxylic acids is 2. The highest BCUT2D eigenvalue weighted by Crippen LogP contribution is 2.27. The van der Waals surface area contributed by atoms with Crippen molar-refractivity contribution in [2.24, 2.45) is 0 Å². The Morgan fingerprint density at radius 1 is 1.22 bits per heavy atom. The van der Waals surface area contributed by atoms with Gasteiger partial charge in [0.2, 0.25) is 0 Å². The molecule has 2 N–H and O–H groups in total. The second kappa shape index (κ2) is 8.11. The summed E-state index contributed by atoms with van der Waals surface area (Å²) in [6, 6.07) is 11.4. The van der Waals surface area contributed by atoms with Gasteiger partial charge in [0.25, 0.3) is 5.91 Å². The monoisotopic (exact) mass is 387 g/mol. The van der Waals surface area contributed by atoms with E-state index in [0.29, 0.717) is 23.7 Å². The lowest BCUT2D eigenvalue weighted by Crippen LogP contribution is -3.17. The molecule has 0 bridgehead atoms. The summed E-state index contributed by atoms with van der Waals surface area (Å²) in [7, 11) is 1.38. The van der Waals surface area contributed by atoms with E-state index in [1.807, 2.05) is 50.2 Å². The van der Waals surface area contributed by atoms with E-state index in [-0.39, 0.29) is 18.4 Å². The second-order valence-electron chi connectivity index (χ2n) is 7.05. The van der Waals surface area contributed by atoms with Crippen molar-refractivity contribution in [3.63, 3.8) is 0 Å². The van der Waals surface area contributed by atoms with Gasteiger partial charge < -0.3 is 15.0 Å². The minimum atomic E-state index is -0.398. The van der Waals surface area contributed by atoms with Crippen LogP contribution in [0, 0.1) is 13.8 Å². The van der Waals surface area contributed by atoms with Crippen molar-refractivity contribution in [3.05, 3.63) is 63.7 Å². The van der Waals surface area contributed by atoms with Crippen molar-refractivity contribution in [2.45, 2.75) is 32.9 Å². The van der Waals surface area contributed by atoms with E-state index in [2.05, 4.69) is 5.32 Å². The third-order valence-electron chi connectivity index (χ3n) is 5.02. The molecule has 3 rings (SSSR count). The summed E-state index contributed by atoms with van der Waals surface area (Å²) in [5, 5.41) is 3.43. The Labute approximate surface area is 164 Å². The summed E-state index contributed by atoms with van der Waals surface area (Å²) in [5.74, 6) is -0.469. The van der Waals surface area contributed by atoms with Crippen LogP contribution in [0.4, 0.5) is 5.69 Å². The molecular weight excluding hydrogens is 364 g/mol. The summed E-state index contributed by atoms with van der Waals surface area (Å²) in [6.45, 7) is 4.64. The number of carbonyl (C=O) groups is 2. The molecule has 27 heavy (non-hydrogen) atoms. The number of amides is 1. The maximum atomic E-state index is 12.7. The van der Waals surface area contributed by atoms with E-state index < -0.39 is 6.04 Å². The van der Waals surface area contributed by atoms with Crippen LogP contribution in [-0.2, 0) is 27.3 Å². The maximum Gasteiger partial charge on any atom is 0.365 e. The number of benzene rings is 2. The molecule has 1 heterocycles. The molecule has 0 fully saturated rings. The first-order valence-electron chi connectivity index (χ1n) is 8.95. The normalized spacial score (nSPS) is 18.5. The number of fused-ring (bicyclic) bond motifs is 1. The highest BCUT2D eigenvalue weighted by atomic mass is 35.5. The fourth-order valence-electron chi connectivity index (χ4n) is 3.70. The van der Waals surface area contributed by atoms with Crippen LogP contribution in [0.3, 0.4) is 0 Å². The predicted octanol–water partition coefficient (Wildman–Crippen LogP) is 2.08. The number of anilines is 1. The minimum Gasteiger partial charge on any atom is -0.465 e. The van der Waals surface area contributed by atoms with Crippen LogP contribution in [-0.4, -0.2) is 31.6 Å². The van der Waals surface area contributed by atoms with Gasteiger partial charge in [-0.05, 0) is 36.6 Å². The molecule has 0 saturated heterocycles. The number of halogens is 1. The highest BCUT2D eigenvalue weighted by molar-refractivity contribution is 6.34. The topological polar surface area (TPSA) is 59.8 Å². The predicted molar refractivity (Wildman–Crippen MR) is 105 cm³/mol. The van der Waals surface area contributed by atoms with Gasteiger partial charge in [-0.15, -0.1) is 0 Å². The number of hydrogen-bond acceptors (Lipinski definition) is 3. The molecule has 2 aromatic carbocycles. The summed E-state index contributed by atoms with van der Waals surface area (Å²) in [5.41, 5.74) is 4.87. The zero-order valence-corrected chi connectivity index (χ0v) is 16.5. The Morgan fingerprint density at radius 3 is 2.59 bits per heavy atom. The average molecular weight is 388 g/mol. The number of hydrogen-bond donors (Lipinski definition) is 2. The Hall–Kier alpha value is -2.37. The van der Waals surface area contributed by atoms with Crippen LogP contribution in [0.5, 0.6) is 0 Å². The highest BCUT2D eigenvalue weighted by Gasteiger charge is 2.37. The lowest BCUT2D eigenvalue weighted by Gasteiger charge is -2.31. The molecule has 0 aliphatic carbocycles. The fraction of sp³-hybridized carbons (Fsp3) is 0.333. The van der Waals surface area contributed by atoms with Crippen molar-refractivity contribution in [3.8, 4) is 0 Å². The van der Waals surface area contributed by atoms with Crippen LogP contribution in [0.1, 0.15) is 22.3 Å². The van der Waals surface area contributed by atoms with Gasteiger partial charge in [-0.3, -0.25) is 4.79 Å². The number of aryl methyl sites for hydroxylation is 2. The molecule has 1 amide bonds. The zero-order valence-electron chi connectivity index (χ0n) is 15.8. The number of nitrogens with one attached hydrogen (secondary N) is 2. The van der Waals surface area contributed by atoms with Gasteiger partial charge in [-0.25, -0.2) is 4.79 Å². The number of quaternary nitrogens is 1. The lowest BCUT2D eigenvalue weighted by atomic mass is 9.94. The van der Waals surface area contributed by atoms with E-state index >= 15 is 0 Å². The lowest BCUT2D eigenvalue weighted by molar-refractivity contribution is -0.924. The maximum absolute atomic E-state index is 12.7. The zero-order chi connectivity index (χ0) is 19.6. The summed E-state index contributed by atoms with van der Waals surface area (Å²) >= 11 is 6.29. The van der Waals surface area contributed by atoms with Gasteiger partial charge in [0.05, 0.1) is 17.8 Å². The van der Waals surface area contributed by atoms with Crippen LogP contribution in [0.15, 0.2) is 36.4 Å². The minimum absolute atomic E-state index is 0.164. The van der Waals surface area contributed by atoms with E-state index in [1.165, 1.54) is 7.11 Å². The molecule has 0 spiro atoms. The molecule has 5 nitrogen and oxygen atoms in total. The molecule has 1 unspecified atom stereocenters. The van der Waals surface area contributed by atoms with Crippen molar-refractivity contribution < 1.29 is 19.2 Å². The molecular formula is C21H24ClN2O3+. The standard InChI is InChI=1S/C21H23ClN2O3/c1-13-8-14(2)20(17(22)9-13)23-19(25)12-24-11-16-7-5-4-6-15(16)10-18(24)21(26)27-3/h4-9,18H,10-12H2,1-3H3,(H,23,25)/p+1/t18-/m1/s1. The number of esters is 1. The third-order valence-corrected chi connectivity index (χ3v) is 5.32. The molecule has 2 aromatic rings. The number of rotatable bonds is 4. The van der Waals surface area contributed by atoms with E-state index in [9.17, 15) is 9.59 Å². The van der Waals surface area contributed by atoms with Gasteiger partial charge in [-0.1, -0.05) is 41.9 Å². The smallest absolute Gasteiger partial charge is 0.365 e. The SMILES string of the molecule is COC(=O)[C@H]1Cc2ccccc2C[NH+]1CC(=O)Nc1c(C)cc(C)cc1Cl. The van der Waals surface area contributed by atoms with Crippen molar-refractivity contribution in [1.82, 2.24) is 0 Å². The average Bonchev–Trinajstić information content (AvgIpc) is 2.63. The molecule has 0 aromatic heterocycles. The quantitative estimate of drug-likeness (QED) is 0.790. The Kier molecular flexibility index (Phi) is 5.82. The molecule has 1 aliphatic rings.